The van der Waals surface area contributed by atoms with Crippen LogP contribution in [0, 0.1) is 16.7 Å². The summed E-state index contributed by atoms with van der Waals surface area (Å²) in [4.78, 5) is 8.55. The smallest absolute Gasteiger partial charge is 0.262 e. The van der Waals surface area contributed by atoms with E-state index in [1.54, 1.807) is 23.3 Å². The average Bonchev–Trinajstić information content (AvgIpc) is 3.37. The summed E-state index contributed by atoms with van der Waals surface area (Å²) < 4.78 is 29.7. The molecule has 4 N–H and O–H groups in total. The molecule has 1 atom stereocenters. The van der Waals surface area contributed by atoms with Crippen molar-refractivity contribution in [3.05, 3.63) is 83.3 Å². The number of rotatable bonds is 11. The Kier molecular flexibility index (Phi) is 8.87. The summed E-state index contributed by atoms with van der Waals surface area (Å²) in [7, 11) is 0. The fraction of sp³-hybridized carbons (Fsp3) is 0.375. The lowest BCUT2D eigenvalue weighted by Crippen LogP contribution is -2.48. The van der Waals surface area contributed by atoms with Crippen molar-refractivity contribution in [2.45, 2.75) is 65.5 Å². The Morgan fingerprint density at radius 1 is 1.31 bits per heavy atom. The van der Waals surface area contributed by atoms with Gasteiger partial charge in [-0.15, -0.1) is 5.53 Å². The van der Waals surface area contributed by atoms with E-state index in [0.717, 1.165) is 11.3 Å². The van der Waals surface area contributed by atoms with E-state index >= 15 is 0 Å². The van der Waals surface area contributed by atoms with E-state index in [0.29, 0.717) is 63.5 Å². The minimum absolute atomic E-state index is 0.0555. The number of nitrogens with zero attached hydrogens (tertiary/aromatic N) is 6. The summed E-state index contributed by atoms with van der Waals surface area (Å²) >= 11 is 6.78. The van der Waals surface area contributed by atoms with Crippen LogP contribution in [0.3, 0.4) is 0 Å². The number of alkyl halides is 2. The molecule has 13 heteroatoms. The molecule has 1 fully saturated rings. The number of benzene rings is 1. The first kappa shape index (κ1) is 31.9. The molecule has 3 heterocycles. The summed E-state index contributed by atoms with van der Waals surface area (Å²) in [5.41, 5.74) is 9.65. The molecule has 1 aromatic carbocycles. The molecule has 236 valence electrons. The molecule has 10 nitrogen and oxygen atoms in total. The van der Waals surface area contributed by atoms with Crippen molar-refractivity contribution >= 4 is 39.6 Å². The zero-order valence-corrected chi connectivity index (χ0v) is 26.7. The van der Waals surface area contributed by atoms with Crippen molar-refractivity contribution in [1.82, 2.24) is 35.7 Å². The van der Waals surface area contributed by atoms with Crippen LogP contribution in [0.15, 0.2) is 72.8 Å². The van der Waals surface area contributed by atoms with Crippen LogP contribution in [0.4, 0.5) is 20.2 Å². The van der Waals surface area contributed by atoms with Gasteiger partial charge in [-0.2, -0.15) is 10.4 Å². The molecule has 0 radical (unpaired) electrons. The fourth-order valence-electron chi connectivity index (χ4n) is 5.14. The monoisotopic (exact) mass is 634 g/mol. The Labute approximate surface area is 266 Å². The third kappa shape index (κ3) is 6.50. The molecule has 5 rings (SSSR count). The topological polar surface area (TPSA) is 119 Å². The van der Waals surface area contributed by atoms with Gasteiger partial charge in [-0.1, -0.05) is 45.0 Å². The first-order valence-electron chi connectivity index (χ1n) is 14.6. The zero-order valence-electron chi connectivity index (χ0n) is 25.9. The molecule has 0 spiro atoms. The van der Waals surface area contributed by atoms with Gasteiger partial charge in [-0.05, 0) is 61.5 Å². The highest BCUT2D eigenvalue weighted by Gasteiger charge is 2.56. The van der Waals surface area contributed by atoms with Crippen LogP contribution in [0.1, 0.15) is 53.0 Å². The number of allylic oxidation sites excluding steroid dienone is 3. The van der Waals surface area contributed by atoms with Gasteiger partial charge in [0, 0.05) is 30.0 Å². The van der Waals surface area contributed by atoms with E-state index in [-0.39, 0.29) is 5.41 Å². The highest BCUT2D eigenvalue weighted by molar-refractivity contribution is 6.35. The van der Waals surface area contributed by atoms with Gasteiger partial charge < -0.3 is 16.1 Å². The van der Waals surface area contributed by atoms with Crippen LogP contribution in [-0.2, 0) is 0 Å². The van der Waals surface area contributed by atoms with Gasteiger partial charge in [0.1, 0.15) is 24.3 Å². The molecule has 1 aliphatic carbocycles. The van der Waals surface area contributed by atoms with Gasteiger partial charge in [0.25, 0.3) is 6.43 Å². The second-order valence-electron chi connectivity index (χ2n) is 12.5. The van der Waals surface area contributed by atoms with E-state index in [1.807, 2.05) is 32.1 Å². The summed E-state index contributed by atoms with van der Waals surface area (Å²) in [6, 6.07) is 5.24. The summed E-state index contributed by atoms with van der Waals surface area (Å²) in [6.07, 6.45) is 8.24. The quantitative estimate of drug-likeness (QED) is 0.173. The number of aromatic nitrogens is 4. The number of nitriles is 1. The van der Waals surface area contributed by atoms with E-state index in [2.05, 4.69) is 70.1 Å². The maximum Gasteiger partial charge on any atom is 0.262 e. The maximum atomic E-state index is 14.0. The molecule has 2 aliphatic rings. The minimum Gasteiger partial charge on any atom is -0.383 e. The highest BCUT2D eigenvalue weighted by Crippen LogP contribution is 2.47. The van der Waals surface area contributed by atoms with Crippen molar-refractivity contribution < 1.29 is 8.78 Å². The minimum atomic E-state index is -2.52. The molecule has 1 aliphatic heterocycles. The molecular formula is C32H37ClF2N10. The van der Waals surface area contributed by atoms with Crippen LogP contribution >= 0.6 is 11.6 Å². The number of hydrogen-bond donors (Lipinski definition) is 4. The van der Waals surface area contributed by atoms with E-state index < -0.39 is 18.0 Å². The Balaban J connectivity index is 1.60. The summed E-state index contributed by atoms with van der Waals surface area (Å²) in [6.45, 7) is 15.2. The lowest BCUT2D eigenvalue weighted by atomic mass is 9.96. The van der Waals surface area contributed by atoms with Crippen molar-refractivity contribution in [1.29, 1.82) is 5.26 Å². The standard InChI is InChI=1S/C32H37ClF2N10/c1-7-8-26(44-18-37-17-40-44)19(2)20(3)27(25-15-45(43-42-25)32(9-10-32)30(34)35)41-22-11-23-28(39-16-31(4,5)6)21(13-36)14-38-29(23)24(33)12-22/h7-8,11-12,14-15,17-18,27,30,41-43H,3,9-10,16H2,1-2,4-6H3,(H,38,39)/b8-7-,26-19+/t27-/m0/s1. The van der Waals surface area contributed by atoms with Crippen LogP contribution in [0.5, 0.6) is 0 Å². The van der Waals surface area contributed by atoms with E-state index in [4.69, 9.17) is 11.6 Å². The predicted molar refractivity (Wildman–Crippen MR) is 174 cm³/mol. The van der Waals surface area contributed by atoms with E-state index in [1.165, 1.54) is 17.5 Å². The van der Waals surface area contributed by atoms with Crippen LogP contribution in [0.25, 0.3) is 16.6 Å². The Morgan fingerprint density at radius 3 is 2.67 bits per heavy atom. The van der Waals surface area contributed by atoms with E-state index in [9.17, 15) is 14.0 Å². The number of nitrogens with one attached hydrogen (secondary N) is 4. The lowest BCUT2D eigenvalue weighted by Gasteiger charge is -2.26. The molecule has 0 bridgehead atoms. The van der Waals surface area contributed by atoms with Gasteiger partial charge in [-0.25, -0.2) is 18.4 Å². The van der Waals surface area contributed by atoms with Gasteiger partial charge in [0.05, 0.1) is 39.2 Å². The Bertz CT molecular complexity index is 1730. The second-order valence-corrected chi connectivity index (χ2v) is 12.9. The third-order valence-corrected chi connectivity index (χ3v) is 8.19. The predicted octanol–water partition coefficient (Wildman–Crippen LogP) is 6.62. The first-order valence-corrected chi connectivity index (χ1v) is 15.0. The molecule has 0 saturated heterocycles. The maximum absolute atomic E-state index is 14.0. The van der Waals surface area contributed by atoms with Gasteiger partial charge in [0.15, 0.2) is 0 Å². The zero-order chi connectivity index (χ0) is 32.5. The van der Waals surface area contributed by atoms with Crippen molar-refractivity contribution in [2.75, 3.05) is 17.2 Å². The number of pyridine rings is 1. The van der Waals surface area contributed by atoms with Gasteiger partial charge in [0.2, 0.25) is 0 Å². The average molecular weight is 635 g/mol. The Morgan fingerprint density at radius 2 is 2.07 bits per heavy atom. The van der Waals surface area contributed by atoms with Crippen molar-refractivity contribution in [3.63, 3.8) is 0 Å². The highest BCUT2D eigenvalue weighted by atomic mass is 35.5. The third-order valence-electron chi connectivity index (χ3n) is 7.90. The normalized spacial score (nSPS) is 17.2. The van der Waals surface area contributed by atoms with Gasteiger partial charge in [-0.3, -0.25) is 9.99 Å². The molecule has 0 amide bonds. The number of halogens is 3. The molecule has 45 heavy (non-hydrogen) atoms. The van der Waals surface area contributed by atoms with Crippen LogP contribution < -0.4 is 21.6 Å². The van der Waals surface area contributed by atoms with Crippen LogP contribution in [0.2, 0.25) is 5.02 Å². The Hall–Kier alpha value is -4.47. The fourth-order valence-corrected chi connectivity index (χ4v) is 5.41. The summed E-state index contributed by atoms with van der Waals surface area (Å²) in [5, 5.41) is 23.6. The molecule has 0 unspecified atom stereocenters. The summed E-state index contributed by atoms with van der Waals surface area (Å²) in [5.74, 6) is 0. The number of fused-ring (bicyclic) bond motifs is 1. The van der Waals surface area contributed by atoms with Gasteiger partial charge >= 0.3 is 0 Å². The second kappa shape index (κ2) is 12.5. The number of anilines is 2. The molecular weight excluding hydrogens is 598 g/mol. The molecule has 1 saturated carbocycles. The lowest BCUT2D eigenvalue weighted by molar-refractivity contribution is 0.00912. The first-order chi connectivity index (χ1) is 21.4. The SMILES string of the molecule is C=C(/C(C)=C(\C=C/C)n1cncn1)[C@H](Nc1cc(Cl)c2ncc(C#N)c(NCC(C)(C)C)c2c1)C1=CN(C2(C(F)F)CC2)NN1. The number of hydrogen-bond acceptors (Lipinski definition) is 9. The van der Waals surface area contributed by atoms with Crippen molar-refractivity contribution in [2.24, 2.45) is 5.41 Å². The number of hydrazine groups is 2. The van der Waals surface area contributed by atoms with Crippen LogP contribution in [-0.4, -0.2) is 49.3 Å². The molecule has 3 aromatic rings. The van der Waals surface area contributed by atoms with Crippen molar-refractivity contribution in [3.8, 4) is 6.07 Å². The molecule has 2 aromatic heterocycles. The largest absolute Gasteiger partial charge is 0.383 e.